The Kier molecular flexibility index (Phi) is 4.49. The maximum Gasteiger partial charge on any atom is 0.228 e. The van der Waals surface area contributed by atoms with Gasteiger partial charge >= 0.3 is 0 Å². The number of pyridine rings is 1. The van der Waals surface area contributed by atoms with Gasteiger partial charge in [-0.2, -0.15) is 4.98 Å². The van der Waals surface area contributed by atoms with E-state index >= 15 is 0 Å². The molecule has 5 nitrogen and oxygen atoms in total. The molecule has 0 spiro atoms. The predicted octanol–water partition coefficient (Wildman–Crippen LogP) is 2.70. The Morgan fingerprint density at radius 3 is 2.70 bits per heavy atom. The van der Waals surface area contributed by atoms with Crippen LogP contribution in [0.4, 0.5) is 0 Å². The zero-order valence-corrected chi connectivity index (χ0v) is 12.6. The van der Waals surface area contributed by atoms with E-state index in [-0.39, 0.29) is 5.41 Å². The molecule has 0 radical (unpaired) electrons. The van der Waals surface area contributed by atoms with Gasteiger partial charge in [0, 0.05) is 18.7 Å². The standard InChI is InChI=1S/C15H22N4O/c1-5-16-12(15(2,3)4)10-13-18-14(19-20-13)11-8-6-7-9-17-11/h6-9,12,16H,5,10H2,1-4H3. The molecule has 1 unspecified atom stereocenters. The fraction of sp³-hybridized carbons (Fsp3) is 0.533. The number of hydrogen-bond donors (Lipinski definition) is 1. The minimum Gasteiger partial charge on any atom is -0.339 e. The van der Waals surface area contributed by atoms with Crippen molar-refractivity contribution < 1.29 is 4.52 Å². The highest BCUT2D eigenvalue weighted by molar-refractivity contribution is 5.47. The third-order valence-corrected chi connectivity index (χ3v) is 3.24. The summed E-state index contributed by atoms with van der Waals surface area (Å²) in [7, 11) is 0. The normalized spacial score (nSPS) is 13.4. The van der Waals surface area contributed by atoms with Crippen LogP contribution in [0.3, 0.4) is 0 Å². The van der Waals surface area contributed by atoms with Crippen molar-refractivity contribution in [1.29, 1.82) is 0 Å². The summed E-state index contributed by atoms with van der Waals surface area (Å²) in [6.45, 7) is 9.64. The average molecular weight is 274 g/mol. The lowest BCUT2D eigenvalue weighted by Crippen LogP contribution is -2.41. The van der Waals surface area contributed by atoms with Crippen molar-refractivity contribution in [3.05, 3.63) is 30.3 Å². The van der Waals surface area contributed by atoms with Gasteiger partial charge < -0.3 is 9.84 Å². The molecule has 0 saturated heterocycles. The van der Waals surface area contributed by atoms with Gasteiger partial charge in [-0.1, -0.05) is 38.9 Å². The van der Waals surface area contributed by atoms with Gasteiger partial charge in [-0.05, 0) is 24.1 Å². The predicted molar refractivity (Wildman–Crippen MR) is 78.2 cm³/mol. The average Bonchev–Trinajstić information content (AvgIpc) is 2.87. The highest BCUT2D eigenvalue weighted by atomic mass is 16.5. The zero-order valence-electron chi connectivity index (χ0n) is 12.6. The Morgan fingerprint density at radius 2 is 2.10 bits per heavy atom. The first-order valence-electron chi connectivity index (χ1n) is 6.98. The summed E-state index contributed by atoms with van der Waals surface area (Å²) in [6, 6.07) is 5.95. The number of nitrogens with one attached hydrogen (secondary N) is 1. The first-order chi connectivity index (χ1) is 9.50. The van der Waals surface area contributed by atoms with Crippen molar-refractivity contribution in [2.24, 2.45) is 5.41 Å². The monoisotopic (exact) mass is 274 g/mol. The van der Waals surface area contributed by atoms with Crippen molar-refractivity contribution in [2.45, 2.75) is 40.2 Å². The van der Waals surface area contributed by atoms with E-state index in [1.165, 1.54) is 0 Å². The lowest BCUT2D eigenvalue weighted by atomic mass is 9.84. The minimum atomic E-state index is 0.135. The Morgan fingerprint density at radius 1 is 1.30 bits per heavy atom. The van der Waals surface area contributed by atoms with Crippen LogP contribution in [0.5, 0.6) is 0 Å². The molecular weight excluding hydrogens is 252 g/mol. The maximum absolute atomic E-state index is 5.35. The summed E-state index contributed by atoms with van der Waals surface area (Å²) < 4.78 is 5.35. The van der Waals surface area contributed by atoms with Gasteiger partial charge in [0.1, 0.15) is 5.69 Å². The van der Waals surface area contributed by atoms with E-state index in [1.54, 1.807) is 6.20 Å². The maximum atomic E-state index is 5.35. The Bertz CT molecular complexity index is 530. The van der Waals surface area contributed by atoms with Gasteiger partial charge in [-0.3, -0.25) is 4.98 Å². The largest absolute Gasteiger partial charge is 0.339 e. The van der Waals surface area contributed by atoms with E-state index in [2.05, 4.69) is 48.1 Å². The molecule has 2 aromatic heterocycles. The molecule has 0 aliphatic heterocycles. The summed E-state index contributed by atoms with van der Waals surface area (Å²) in [5.41, 5.74) is 0.869. The molecule has 2 aromatic rings. The summed E-state index contributed by atoms with van der Waals surface area (Å²) in [6.07, 6.45) is 2.44. The quantitative estimate of drug-likeness (QED) is 0.908. The SMILES string of the molecule is CCNC(Cc1nc(-c2ccccn2)no1)C(C)(C)C. The van der Waals surface area contributed by atoms with Gasteiger partial charge in [0.25, 0.3) is 0 Å². The first kappa shape index (κ1) is 14.7. The Balaban J connectivity index is 2.13. The molecule has 108 valence electrons. The third-order valence-electron chi connectivity index (χ3n) is 3.24. The van der Waals surface area contributed by atoms with Gasteiger partial charge in [0.15, 0.2) is 0 Å². The van der Waals surface area contributed by atoms with Crippen molar-refractivity contribution in [2.75, 3.05) is 6.54 Å². The second-order valence-corrected chi connectivity index (χ2v) is 5.91. The van der Waals surface area contributed by atoms with Gasteiger partial charge in [0.2, 0.25) is 11.7 Å². The zero-order chi connectivity index (χ0) is 14.6. The minimum absolute atomic E-state index is 0.135. The number of nitrogens with zero attached hydrogens (tertiary/aromatic N) is 3. The highest BCUT2D eigenvalue weighted by Gasteiger charge is 2.26. The summed E-state index contributed by atoms with van der Waals surface area (Å²) in [5, 5.41) is 7.48. The molecule has 2 heterocycles. The van der Waals surface area contributed by atoms with E-state index in [0.29, 0.717) is 17.8 Å². The van der Waals surface area contributed by atoms with E-state index in [9.17, 15) is 0 Å². The molecule has 0 saturated carbocycles. The molecule has 0 aromatic carbocycles. The highest BCUT2D eigenvalue weighted by Crippen LogP contribution is 2.23. The third kappa shape index (κ3) is 3.63. The van der Waals surface area contributed by atoms with Gasteiger partial charge in [-0.25, -0.2) is 0 Å². The number of likely N-dealkylation sites (N-methyl/N-ethyl adjacent to an activating group) is 1. The Labute approximate surface area is 119 Å². The fourth-order valence-corrected chi connectivity index (χ4v) is 2.04. The van der Waals surface area contributed by atoms with E-state index in [1.807, 2.05) is 18.2 Å². The smallest absolute Gasteiger partial charge is 0.228 e. The van der Waals surface area contributed by atoms with E-state index in [0.717, 1.165) is 18.7 Å². The second-order valence-electron chi connectivity index (χ2n) is 5.91. The summed E-state index contributed by atoms with van der Waals surface area (Å²) in [4.78, 5) is 8.66. The summed E-state index contributed by atoms with van der Waals surface area (Å²) >= 11 is 0. The number of hydrogen-bond acceptors (Lipinski definition) is 5. The topological polar surface area (TPSA) is 63.8 Å². The molecule has 5 heteroatoms. The lowest BCUT2D eigenvalue weighted by molar-refractivity contribution is 0.247. The Hall–Kier alpha value is -1.75. The molecule has 1 N–H and O–H groups in total. The van der Waals surface area contributed by atoms with Crippen LogP contribution in [0.1, 0.15) is 33.6 Å². The van der Waals surface area contributed by atoms with Crippen LogP contribution < -0.4 is 5.32 Å². The van der Waals surface area contributed by atoms with Gasteiger partial charge in [0.05, 0.1) is 0 Å². The summed E-state index contributed by atoms with van der Waals surface area (Å²) in [5.74, 6) is 1.19. The van der Waals surface area contributed by atoms with Crippen LogP contribution in [0.25, 0.3) is 11.5 Å². The van der Waals surface area contributed by atoms with Crippen LogP contribution in [0.2, 0.25) is 0 Å². The molecule has 1 atom stereocenters. The van der Waals surface area contributed by atoms with Crippen LogP contribution in [0.15, 0.2) is 28.9 Å². The second kappa shape index (κ2) is 6.13. The van der Waals surface area contributed by atoms with Crippen LogP contribution >= 0.6 is 0 Å². The molecule has 0 aliphatic carbocycles. The van der Waals surface area contributed by atoms with Crippen LogP contribution in [0, 0.1) is 5.41 Å². The lowest BCUT2D eigenvalue weighted by Gasteiger charge is -2.30. The molecule has 0 bridgehead atoms. The van der Waals surface area contributed by atoms with Crippen molar-refractivity contribution in [1.82, 2.24) is 20.4 Å². The van der Waals surface area contributed by atoms with Gasteiger partial charge in [-0.15, -0.1) is 0 Å². The van der Waals surface area contributed by atoms with E-state index < -0.39 is 0 Å². The van der Waals surface area contributed by atoms with Crippen molar-refractivity contribution in [3.63, 3.8) is 0 Å². The van der Waals surface area contributed by atoms with Crippen molar-refractivity contribution in [3.8, 4) is 11.5 Å². The molecule has 0 aliphatic rings. The van der Waals surface area contributed by atoms with E-state index in [4.69, 9.17) is 4.52 Å². The molecule has 0 fully saturated rings. The number of rotatable bonds is 5. The number of aromatic nitrogens is 3. The van der Waals surface area contributed by atoms with Crippen LogP contribution in [-0.4, -0.2) is 27.7 Å². The molecule has 0 amide bonds. The fourth-order valence-electron chi connectivity index (χ4n) is 2.04. The first-order valence-corrected chi connectivity index (χ1v) is 6.98. The van der Waals surface area contributed by atoms with Crippen LogP contribution in [-0.2, 0) is 6.42 Å². The molecular formula is C15H22N4O. The van der Waals surface area contributed by atoms with Crippen molar-refractivity contribution >= 4 is 0 Å². The molecule has 20 heavy (non-hydrogen) atoms. The molecule has 2 rings (SSSR count).